The van der Waals surface area contributed by atoms with Crippen LogP contribution >= 0.6 is 0 Å². The molecule has 0 heterocycles. The first-order chi connectivity index (χ1) is 9.48. The molecule has 4 N–H and O–H groups in total. The second kappa shape index (κ2) is 6.83. The van der Waals surface area contributed by atoms with Gasteiger partial charge in [-0.25, -0.2) is 4.79 Å². The summed E-state index contributed by atoms with van der Waals surface area (Å²) in [5.74, 6) is -1.96. The fourth-order valence-electron chi connectivity index (χ4n) is 1.90. The highest BCUT2D eigenvalue weighted by Gasteiger charge is 2.46. The highest BCUT2D eigenvalue weighted by molar-refractivity contribution is 6.10. The molecule has 0 saturated heterocycles. The van der Waals surface area contributed by atoms with Gasteiger partial charge in [0.25, 0.3) is 0 Å². The van der Waals surface area contributed by atoms with E-state index in [0.29, 0.717) is 0 Å². The molecular weight excluding hydrogens is 260 g/mol. The lowest BCUT2D eigenvalue weighted by Gasteiger charge is -2.29. The van der Waals surface area contributed by atoms with Gasteiger partial charge < -0.3 is 20.3 Å². The van der Waals surface area contributed by atoms with Crippen LogP contribution in [-0.4, -0.2) is 43.3 Å². The molecule has 0 aliphatic carbocycles. The summed E-state index contributed by atoms with van der Waals surface area (Å²) in [5, 5.41) is 17.0. The monoisotopic (exact) mass is 278 g/mol. The van der Waals surface area contributed by atoms with Crippen molar-refractivity contribution in [2.45, 2.75) is 5.60 Å². The molecule has 6 nitrogen and oxygen atoms in total. The standard InChI is InChI=1S/C14H18N2O4/c1-19-9-11(8-10-6-4-3-5-7-10)14(20-2,12(15)16)13(17)18/h3-8H,9H2,1-2H3,(H3,15,16)(H,17,18). The second-order valence-corrected chi connectivity index (χ2v) is 4.12. The van der Waals surface area contributed by atoms with Gasteiger partial charge in [0.1, 0.15) is 5.84 Å². The van der Waals surface area contributed by atoms with Crippen molar-refractivity contribution in [3.05, 3.63) is 41.5 Å². The van der Waals surface area contributed by atoms with Crippen molar-refractivity contribution in [2.24, 2.45) is 5.73 Å². The molecule has 0 aliphatic heterocycles. The molecule has 0 amide bonds. The highest BCUT2D eigenvalue weighted by atomic mass is 16.5. The Kier molecular flexibility index (Phi) is 5.42. The molecule has 0 spiro atoms. The maximum absolute atomic E-state index is 11.6. The van der Waals surface area contributed by atoms with Crippen LogP contribution in [0.4, 0.5) is 0 Å². The summed E-state index contributed by atoms with van der Waals surface area (Å²) in [6, 6.07) is 9.09. The number of carboxylic acids is 1. The van der Waals surface area contributed by atoms with Crippen LogP contribution in [0.2, 0.25) is 0 Å². The summed E-state index contributed by atoms with van der Waals surface area (Å²) in [7, 11) is 2.63. The predicted octanol–water partition coefficient (Wildman–Crippen LogP) is 1.12. The second-order valence-electron chi connectivity index (χ2n) is 4.12. The number of nitrogens with two attached hydrogens (primary N) is 1. The Morgan fingerprint density at radius 1 is 1.40 bits per heavy atom. The van der Waals surface area contributed by atoms with Crippen LogP contribution < -0.4 is 5.73 Å². The van der Waals surface area contributed by atoms with Crippen LogP contribution in [0, 0.1) is 5.41 Å². The lowest BCUT2D eigenvalue weighted by Crippen LogP contribution is -2.54. The average molecular weight is 278 g/mol. The summed E-state index contributed by atoms with van der Waals surface area (Å²) in [6.07, 6.45) is 1.60. The predicted molar refractivity (Wildman–Crippen MR) is 75.6 cm³/mol. The number of carboxylic acid groups (broad SMARTS) is 1. The molecule has 1 rings (SSSR count). The number of hydrogen-bond donors (Lipinski definition) is 3. The molecule has 108 valence electrons. The van der Waals surface area contributed by atoms with E-state index in [4.69, 9.17) is 20.6 Å². The number of amidine groups is 1. The summed E-state index contributed by atoms with van der Waals surface area (Å²) in [6.45, 7) is -0.0192. The normalized spacial score (nSPS) is 14.6. The number of nitrogens with one attached hydrogen (secondary N) is 1. The van der Waals surface area contributed by atoms with E-state index < -0.39 is 17.4 Å². The Balaban J connectivity index is 3.39. The Morgan fingerprint density at radius 2 is 2.00 bits per heavy atom. The van der Waals surface area contributed by atoms with Gasteiger partial charge in [-0.1, -0.05) is 30.3 Å². The molecule has 0 radical (unpaired) electrons. The van der Waals surface area contributed by atoms with E-state index in [0.717, 1.165) is 5.56 Å². The number of rotatable bonds is 7. The van der Waals surface area contributed by atoms with Gasteiger partial charge in [0.2, 0.25) is 5.60 Å². The smallest absolute Gasteiger partial charge is 0.348 e. The maximum Gasteiger partial charge on any atom is 0.348 e. The SMILES string of the molecule is COCC(=Cc1ccccc1)C(OC)(C(=N)N)C(=O)O. The quantitative estimate of drug-likeness (QED) is 0.512. The molecule has 0 aromatic heterocycles. The number of aliphatic carboxylic acids is 1. The van der Waals surface area contributed by atoms with Crippen LogP contribution in [0.1, 0.15) is 5.56 Å². The van der Waals surface area contributed by atoms with Crippen LogP contribution in [0.15, 0.2) is 35.9 Å². The minimum absolute atomic E-state index is 0.0192. The van der Waals surface area contributed by atoms with Gasteiger partial charge in [-0.3, -0.25) is 5.41 Å². The van der Waals surface area contributed by atoms with Crippen LogP contribution in [0.25, 0.3) is 6.08 Å². The zero-order valence-corrected chi connectivity index (χ0v) is 11.4. The summed E-state index contributed by atoms with van der Waals surface area (Å²) >= 11 is 0. The topological polar surface area (TPSA) is 106 Å². The zero-order valence-electron chi connectivity index (χ0n) is 11.4. The molecule has 0 saturated carbocycles. The Morgan fingerprint density at radius 3 is 2.40 bits per heavy atom. The van der Waals surface area contributed by atoms with E-state index in [2.05, 4.69) is 0 Å². The fraction of sp³-hybridized carbons (Fsp3) is 0.286. The molecule has 1 aromatic rings. The number of ether oxygens (including phenoxy) is 2. The van der Waals surface area contributed by atoms with E-state index in [1.54, 1.807) is 18.2 Å². The van der Waals surface area contributed by atoms with Gasteiger partial charge in [-0.2, -0.15) is 0 Å². The molecule has 0 fully saturated rings. The van der Waals surface area contributed by atoms with Crippen LogP contribution in [-0.2, 0) is 14.3 Å². The first kappa shape index (κ1) is 15.9. The van der Waals surface area contributed by atoms with Crippen molar-refractivity contribution < 1.29 is 19.4 Å². The van der Waals surface area contributed by atoms with E-state index in [1.807, 2.05) is 18.2 Å². The van der Waals surface area contributed by atoms with Gasteiger partial charge in [-0.05, 0) is 11.6 Å². The van der Waals surface area contributed by atoms with E-state index in [1.165, 1.54) is 14.2 Å². The van der Waals surface area contributed by atoms with E-state index >= 15 is 0 Å². The van der Waals surface area contributed by atoms with Gasteiger partial charge >= 0.3 is 5.97 Å². The van der Waals surface area contributed by atoms with Crippen LogP contribution in [0.5, 0.6) is 0 Å². The largest absolute Gasteiger partial charge is 0.478 e. The number of benzene rings is 1. The maximum atomic E-state index is 11.6. The van der Waals surface area contributed by atoms with Crippen molar-refractivity contribution >= 4 is 17.9 Å². The molecule has 0 aliphatic rings. The van der Waals surface area contributed by atoms with Gasteiger partial charge in [0.05, 0.1) is 6.61 Å². The molecule has 20 heavy (non-hydrogen) atoms. The van der Waals surface area contributed by atoms with E-state index in [-0.39, 0.29) is 12.2 Å². The van der Waals surface area contributed by atoms with Crippen molar-refractivity contribution in [1.29, 1.82) is 5.41 Å². The molecule has 0 bridgehead atoms. The third-order valence-corrected chi connectivity index (χ3v) is 2.88. The van der Waals surface area contributed by atoms with Crippen molar-refractivity contribution in [1.82, 2.24) is 0 Å². The molecule has 1 unspecified atom stereocenters. The lowest BCUT2D eigenvalue weighted by atomic mass is 9.90. The highest BCUT2D eigenvalue weighted by Crippen LogP contribution is 2.24. The van der Waals surface area contributed by atoms with E-state index in [9.17, 15) is 9.90 Å². The Labute approximate surface area is 117 Å². The van der Waals surface area contributed by atoms with Crippen molar-refractivity contribution in [2.75, 3.05) is 20.8 Å². The lowest BCUT2D eigenvalue weighted by molar-refractivity contribution is -0.151. The molecular formula is C14H18N2O4. The summed E-state index contributed by atoms with van der Waals surface area (Å²) in [5.41, 5.74) is 4.44. The third kappa shape index (κ3) is 3.04. The number of carbonyl (C=O) groups is 1. The first-order valence-electron chi connectivity index (χ1n) is 5.87. The summed E-state index contributed by atoms with van der Waals surface area (Å²) < 4.78 is 10.1. The fourth-order valence-corrected chi connectivity index (χ4v) is 1.90. The van der Waals surface area contributed by atoms with Crippen LogP contribution in [0.3, 0.4) is 0 Å². The first-order valence-corrected chi connectivity index (χ1v) is 5.87. The third-order valence-electron chi connectivity index (χ3n) is 2.88. The van der Waals surface area contributed by atoms with Gasteiger partial charge in [0.15, 0.2) is 0 Å². The molecule has 6 heteroatoms. The van der Waals surface area contributed by atoms with Gasteiger partial charge in [0, 0.05) is 19.8 Å². The zero-order chi connectivity index (χ0) is 15.2. The minimum atomic E-state index is -2.02. The average Bonchev–Trinajstić information content (AvgIpc) is 2.40. The minimum Gasteiger partial charge on any atom is -0.478 e. The number of hydrogen-bond acceptors (Lipinski definition) is 4. The van der Waals surface area contributed by atoms with Gasteiger partial charge in [-0.15, -0.1) is 0 Å². The molecule has 1 atom stereocenters. The van der Waals surface area contributed by atoms with Crippen molar-refractivity contribution in [3.8, 4) is 0 Å². The summed E-state index contributed by atoms with van der Waals surface area (Å²) in [4.78, 5) is 11.6. The Bertz CT molecular complexity index is 497. The Hall–Kier alpha value is -2.18. The van der Waals surface area contributed by atoms with Crippen molar-refractivity contribution in [3.63, 3.8) is 0 Å². The molecule has 1 aromatic carbocycles. The number of methoxy groups -OCH3 is 2.